The first-order valence-corrected chi connectivity index (χ1v) is 1.33. The van der Waals surface area contributed by atoms with Crippen molar-refractivity contribution in [2.24, 2.45) is 11.5 Å². The maximum Gasteiger partial charge on any atom is 0.158 e. The van der Waals surface area contributed by atoms with Crippen LogP contribution in [0.1, 0.15) is 0 Å². The zero-order valence-electron chi connectivity index (χ0n) is 4.38. The molecule has 58 valence electrons. The molecule has 0 aliphatic heterocycles. The lowest BCUT2D eigenvalue weighted by Gasteiger charge is -1.84. The summed E-state index contributed by atoms with van der Waals surface area (Å²) in [6.07, 6.45) is 0. The van der Waals surface area contributed by atoms with E-state index in [-0.39, 0.29) is 48.9 Å². The molecule has 0 bridgehead atoms. The van der Waals surface area contributed by atoms with E-state index in [1.54, 1.807) is 0 Å². The SMILES string of the molecule is Cl.Cl.Cl.N=C(N)C(=N)N. The Morgan fingerprint density at radius 3 is 0.889 bits per heavy atom. The van der Waals surface area contributed by atoms with Crippen molar-refractivity contribution in [2.45, 2.75) is 0 Å². The highest BCUT2D eigenvalue weighted by atomic mass is 35.5. The van der Waals surface area contributed by atoms with Crippen LogP contribution in [-0.4, -0.2) is 11.7 Å². The van der Waals surface area contributed by atoms with Gasteiger partial charge >= 0.3 is 0 Å². The molecule has 0 unspecified atom stereocenters. The Balaban J connectivity index is -0.0000000417. The number of nitrogens with two attached hydrogens (primary N) is 2. The Morgan fingerprint density at radius 1 is 0.778 bits per heavy atom. The van der Waals surface area contributed by atoms with Gasteiger partial charge in [-0.1, -0.05) is 0 Å². The predicted octanol–water partition coefficient (Wildman–Crippen LogP) is 0.124. The van der Waals surface area contributed by atoms with E-state index in [9.17, 15) is 0 Å². The Bertz CT molecular complexity index is 79.8. The first-order chi connectivity index (χ1) is 2.64. The maximum absolute atomic E-state index is 6.38. The highest BCUT2D eigenvalue weighted by Crippen LogP contribution is 1.48. The first-order valence-electron chi connectivity index (χ1n) is 1.33. The fraction of sp³-hybridized carbons (Fsp3) is 0. The summed E-state index contributed by atoms with van der Waals surface area (Å²) in [5, 5.41) is 12.8. The smallest absolute Gasteiger partial charge is 0.158 e. The second-order valence-corrected chi connectivity index (χ2v) is 0.827. The average Bonchev–Trinajstić information content (AvgIpc) is 1.36. The van der Waals surface area contributed by atoms with E-state index in [4.69, 9.17) is 10.8 Å². The number of rotatable bonds is 0. The number of halogens is 3. The summed E-state index contributed by atoms with van der Waals surface area (Å²) in [4.78, 5) is 0. The normalized spacial score (nSPS) is 4.89. The van der Waals surface area contributed by atoms with Gasteiger partial charge in [-0.15, -0.1) is 37.2 Å². The van der Waals surface area contributed by atoms with Crippen LogP contribution < -0.4 is 11.5 Å². The van der Waals surface area contributed by atoms with Crippen molar-refractivity contribution < 1.29 is 0 Å². The van der Waals surface area contributed by atoms with E-state index in [0.717, 1.165) is 0 Å². The van der Waals surface area contributed by atoms with Gasteiger partial charge in [-0.3, -0.25) is 10.8 Å². The summed E-state index contributed by atoms with van der Waals surface area (Å²) in [6.45, 7) is 0. The van der Waals surface area contributed by atoms with Crippen LogP contribution in [-0.2, 0) is 0 Å². The number of hydrogen-bond donors (Lipinski definition) is 4. The molecule has 0 aromatic rings. The summed E-state index contributed by atoms with van der Waals surface area (Å²) >= 11 is 0. The van der Waals surface area contributed by atoms with Crippen LogP contribution in [0.3, 0.4) is 0 Å². The highest BCUT2D eigenvalue weighted by Gasteiger charge is 1.84. The summed E-state index contributed by atoms with van der Waals surface area (Å²) in [7, 11) is 0. The minimum Gasteiger partial charge on any atom is -0.381 e. The first kappa shape index (κ1) is 23.2. The summed E-state index contributed by atoms with van der Waals surface area (Å²) in [5.41, 5.74) is 9.34. The molecule has 0 saturated carbocycles. The topological polar surface area (TPSA) is 99.7 Å². The molecule has 7 heteroatoms. The van der Waals surface area contributed by atoms with Crippen molar-refractivity contribution in [3.63, 3.8) is 0 Å². The summed E-state index contributed by atoms with van der Waals surface area (Å²) in [5.74, 6) is -0.759. The molecular weight excluding hydrogens is 186 g/mol. The van der Waals surface area contributed by atoms with Gasteiger partial charge < -0.3 is 11.5 Å². The van der Waals surface area contributed by atoms with Crippen LogP contribution in [0.15, 0.2) is 0 Å². The molecule has 0 amide bonds. The van der Waals surface area contributed by atoms with Gasteiger partial charge in [0.25, 0.3) is 0 Å². The molecule has 0 aliphatic rings. The van der Waals surface area contributed by atoms with E-state index in [0.29, 0.717) is 0 Å². The lowest BCUT2D eigenvalue weighted by atomic mass is 10.6. The minimum atomic E-state index is -0.380. The van der Waals surface area contributed by atoms with Crippen LogP contribution in [0.4, 0.5) is 0 Å². The average molecular weight is 195 g/mol. The summed E-state index contributed by atoms with van der Waals surface area (Å²) < 4.78 is 0. The van der Waals surface area contributed by atoms with Crippen molar-refractivity contribution in [1.82, 2.24) is 0 Å². The van der Waals surface area contributed by atoms with Crippen LogP contribution in [0.2, 0.25) is 0 Å². The van der Waals surface area contributed by atoms with Crippen LogP contribution >= 0.6 is 37.2 Å². The van der Waals surface area contributed by atoms with Gasteiger partial charge in [-0.05, 0) is 0 Å². The Hall–Kier alpha value is -0.190. The molecule has 0 aromatic heterocycles. The third-order valence-corrected chi connectivity index (χ3v) is 0.290. The van der Waals surface area contributed by atoms with Gasteiger partial charge in [0.2, 0.25) is 0 Å². The Labute approximate surface area is 71.6 Å². The van der Waals surface area contributed by atoms with Crippen LogP contribution in [0.5, 0.6) is 0 Å². The second-order valence-electron chi connectivity index (χ2n) is 0.827. The monoisotopic (exact) mass is 194 g/mol. The maximum atomic E-state index is 6.38. The zero-order chi connectivity index (χ0) is 5.15. The van der Waals surface area contributed by atoms with E-state index in [1.165, 1.54) is 0 Å². The lowest BCUT2D eigenvalue weighted by Crippen LogP contribution is -2.28. The van der Waals surface area contributed by atoms with Crippen molar-refractivity contribution in [3.05, 3.63) is 0 Å². The molecule has 0 radical (unpaired) electrons. The quantitative estimate of drug-likeness (QED) is 0.326. The second kappa shape index (κ2) is 10.7. The molecule has 0 heterocycles. The van der Waals surface area contributed by atoms with Crippen molar-refractivity contribution in [2.75, 3.05) is 0 Å². The minimum absolute atomic E-state index is 0. The molecular formula is C2H9Cl3N4. The molecule has 4 nitrogen and oxygen atoms in total. The molecule has 0 fully saturated rings. The largest absolute Gasteiger partial charge is 0.381 e. The van der Waals surface area contributed by atoms with Crippen molar-refractivity contribution in [3.8, 4) is 0 Å². The molecule has 0 aromatic carbocycles. The molecule has 0 saturated heterocycles. The fourth-order valence-electron chi connectivity index (χ4n) is 0. The van der Waals surface area contributed by atoms with Crippen LogP contribution in [0, 0.1) is 10.8 Å². The fourth-order valence-corrected chi connectivity index (χ4v) is 0. The molecule has 6 N–H and O–H groups in total. The summed E-state index contributed by atoms with van der Waals surface area (Å²) in [6, 6.07) is 0. The van der Waals surface area contributed by atoms with E-state index >= 15 is 0 Å². The molecule has 9 heavy (non-hydrogen) atoms. The van der Waals surface area contributed by atoms with E-state index < -0.39 is 0 Å². The zero-order valence-corrected chi connectivity index (χ0v) is 6.83. The van der Waals surface area contributed by atoms with Gasteiger partial charge in [0.05, 0.1) is 0 Å². The van der Waals surface area contributed by atoms with Gasteiger partial charge in [0.1, 0.15) is 0 Å². The third kappa shape index (κ3) is 18.2. The van der Waals surface area contributed by atoms with Gasteiger partial charge in [-0.25, -0.2) is 0 Å². The van der Waals surface area contributed by atoms with Gasteiger partial charge in [-0.2, -0.15) is 0 Å². The Morgan fingerprint density at radius 2 is 0.889 bits per heavy atom. The number of nitrogens with one attached hydrogen (secondary N) is 2. The van der Waals surface area contributed by atoms with E-state index in [2.05, 4.69) is 11.5 Å². The highest BCUT2D eigenvalue weighted by molar-refractivity contribution is 6.36. The molecule has 0 aliphatic carbocycles. The lowest BCUT2D eigenvalue weighted by molar-refractivity contribution is 1.41. The van der Waals surface area contributed by atoms with Crippen molar-refractivity contribution >= 4 is 48.9 Å². The van der Waals surface area contributed by atoms with E-state index in [1.807, 2.05) is 0 Å². The van der Waals surface area contributed by atoms with Crippen molar-refractivity contribution in [1.29, 1.82) is 10.8 Å². The number of hydrogen-bond acceptors (Lipinski definition) is 2. The molecule has 0 rings (SSSR count). The van der Waals surface area contributed by atoms with Crippen LogP contribution in [0.25, 0.3) is 0 Å². The molecule has 0 atom stereocenters. The third-order valence-electron chi connectivity index (χ3n) is 0.290. The Kier molecular flexibility index (Phi) is 27.7. The number of amidine groups is 2. The van der Waals surface area contributed by atoms with Gasteiger partial charge in [0, 0.05) is 0 Å². The molecule has 0 spiro atoms. The van der Waals surface area contributed by atoms with Gasteiger partial charge in [0.15, 0.2) is 11.7 Å². The standard InChI is InChI=1S/C2H6N4.3ClH/c3-1(4)2(5)6;;;/h(H3,3,4)(H3,5,6);3*1H. The predicted molar refractivity (Wildman–Crippen MR) is 45.6 cm³/mol.